The average molecular weight is 212 g/mol. The zero-order valence-corrected chi connectivity index (χ0v) is 8.61. The molecule has 0 spiro atoms. The van der Waals surface area contributed by atoms with Gasteiger partial charge in [0.1, 0.15) is 0 Å². The van der Waals surface area contributed by atoms with Crippen LogP contribution >= 0.6 is 0 Å². The van der Waals surface area contributed by atoms with Crippen LogP contribution in [0.2, 0.25) is 0 Å². The molecular formula is C10H16N2O3. The molecule has 0 radical (unpaired) electrons. The summed E-state index contributed by atoms with van der Waals surface area (Å²) in [4.78, 5) is 23.6. The van der Waals surface area contributed by atoms with E-state index in [2.05, 4.69) is 5.32 Å². The van der Waals surface area contributed by atoms with Crippen molar-refractivity contribution in [2.45, 2.75) is 25.3 Å². The molecule has 0 bridgehead atoms. The molecule has 1 aliphatic heterocycles. The summed E-state index contributed by atoms with van der Waals surface area (Å²) in [6.07, 6.45) is 2.24. The van der Waals surface area contributed by atoms with E-state index in [-0.39, 0.29) is 12.3 Å². The van der Waals surface area contributed by atoms with E-state index in [1.807, 2.05) is 4.90 Å². The SMILES string of the molecule is O=C(O)CCNC1CN(C(=O)C2CC2)C1. The molecule has 0 aromatic heterocycles. The van der Waals surface area contributed by atoms with Crippen LogP contribution in [0.25, 0.3) is 0 Å². The van der Waals surface area contributed by atoms with Crippen LogP contribution in [-0.4, -0.2) is 47.6 Å². The normalized spacial score (nSPS) is 21.2. The predicted molar refractivity (Wildman–Crippen MR) is 53.3 cm³/mol. The van der Waals surface area contributed by atoms with Crippen molar-refractivity contribution < 1.29 is 14.7 Å². The van der Waals surface area contributed by atoms with Gasteiger partial charge in [-0.2, -0.15) is 0 Å². The molecule has 2 N–H and O–H groups in total. The first-order chi connectivity index (χ1) is 7.16. The topological polar surface area (TPSA) is 69.6 Å². The van der Waals surface area contributed by atoms with Crippen molar-refractivity contribution in [3.8, 4) is 0 Å². The highest BCUT2D eigenvalue weighted by Crippen LogP contribution is 2.32. The standard InChI is InChI=1S/C10H16N2O3/c13-9(14)3-4-11-8-5-12(6-8)10(15)7-1-2-7/h7-8,11H,1-6H2,(H,13,14). The van der Waals surface area contributed by atoms with Crippen molar-refractivity contribution in [1.29, 1.82) is 0 Å². The van der Waals surface area contributed by atoms with E-state index >= 15 is 0 Å². The number of carbonyl (C=O) groups excluding carboxylic acids is 1. The Morgan fingerprint density at radius 3 is 2.53 bits per heavy atom. The molecule has 1 amide bonds. The number of carbonyl (C=O) groups is 2. The molecule has 5 heteroatoms. The highest BCUT2D eigenvalue weighted by molar-refractivity contribution is 5.81. The Labute approximate surface area is 88.4 Å². The summed E-state index contributed by atoms with van der Waals surface area (Å²) < 4.78 is 0. The van der Waals surface area contributed by atoms with Crippen molar-refractivity contribution in [3.63, 3.8) is 0 Å². The fourth-order valence-electron chi connectivity index (χ4n) is 1.76. The van der Waals surface area contributed by atoms with E-state index in [1.165, 1.54) is 0 Å². The lowest BCUT2D eigenvalue weighted by molar-refractivity contribution is -0.139. The average Bonchev–Trinajstić information content (AvgIpc) is 2.90. The zero-order chi connectivity index (χ0) is 10.8. The smallest absolute Gasteiger partial charge is 0.304 e. The van der Waals surface area contributed by atoms with Gasteiger partial charge in [0.05, 0.1) is 6.42 Å². The van der Waals surface area contributed by atoms with Crippen LogP contribution in [0.5, 0.6) is 0 Å². The molecule has 1 heterocycles. The van der Waals surface area contributed by atoms with Gasteiger partial charge in [0, 0.05) is 31.6 Å². The molecule has 84 valence electrons. The van der Waals surface area contributed by atoms with Gasteiger partial charge < -0.3 is 15.3 Å². The number of hydrogen-bond donors (Lipinski definition) is 2. The highest BCUT2D eigenvalue weighted by Gasteiger charge is 2.38. The third kappa shape index (κ3) is 2.68. The maximum Gasteiger partial charge on any atom is 0.304 e. The summed E-state index contributed by atoms with van der Waals surface area (Å²) in [5.41, 5.74) is 0. The quantitative estimate of drug-likeness (QED) is 0.655. The van der Waals surface area contributed by atoms with Gasteiger partial charge in [-0.25, -0.2) is 0 Å². The maximum atomic E-state index is 11.5. The van der Waals surface area contributed by atoms with E-state index in [0.29, 0.717) is 18.5 Å². The maximum absolute atomic E-state index is 11.5. The first kappa shape index (κ1) is 10.4. The zero-order valence-electron chi connectivity index (χ0n) is 8.61. The Hall–Kier alpha value is -1.10. The number of aliphatic carboxylic acids is 1. The summed E-state index contributed by atoms with van der Waals surface area (Å²) in [7, 11) is 0. The number of nitrogens with one attached hydrogen (secondary N) is 1. The van der Waals surface area contributed by atoms with Crippen LogP contribution in [-0.2, 0) is 9.59 Å². The molecular weight excluding hydrogens is 196 g/mol. The lowest BCUT2D eigenvalue weighted by atomic mass is 10.1. The van der Waals surface area contributed by atoms with Gasteiger partial charge >= 0.3 is 5.97 Å². The molecule has 2 aliphatic rings. The van der Waals surface area contributed by atoms with Crippen molar-refractivity contribution in [2.75, 3.05) is 19.6 Å². The molecule has 0 aromatic rings. The summed E-state index contributed by atoms with van der Waals surface area (Å²) in [6.45, 7) is 1.98. The third-order valence-electron chi connectivity index (χ3n) is 2.89. The largest absolute Gasteiger partial charge is 0.481 e. The van der Waals surface area contributed by atoms with Gasteiger partial charge in [-0.3, -0.25) is 9.59 Å². The number of rotatable bonds is 5. The lowest BCUT2D eigenvalue weighted by Gasteiger charge is -2.40. The first-order valence-electron chi connectivity index (χ1n) is 5.41. The number of carboxylic acids is 1. The van der Waals surface area contributed by atoms with E-state index in [1.54, 1.807) is 0 Å². The van der Waals surface area contributed by atoms with Gasteiger partial charge in [-0.05, 0) is 12.8 Å². The number of hydrogen-bond acceptors (Lipinski definition) is 3. The van der Waals surface area contributed by atoms with Crippen LogP contribution in [0.1, 0.15) is 19.3 Å². The summed E-state index contributed by atoms with van der Waals surface area (Å²) >= 11 is 0. The number of nitrogens with zero attached hydrogens (tertiary/aromatic N) is 1. The molecule has 2 rings (SSSR count). The lowest BCUT2D eigenvalue weighted by Crippen LogP contribution is -2.60. The van der Waals surface area contributed by atoms with Gasteiger partial charge in [-0.15, -0.1) is 0 Å². The predicted octanol–water partition coefficient (Wildman–Crippen LogP) is -0.329. The van der Waals surface area contributed by atoms with Crippen LogP contribution in [0.15, 0.2) is 0 Å². The Bertz CT molecular complexity index is 270. The first-order valence-corrected chi connectivity index (χ1v) is 5.41. The molecule has 0 atom stereocenters. The Kier molecular flexibility index (Phi) is 2.90. The summed E-state index contributed by atoms with van der Waals surface area (Å²) in [5, 5.41) is 11.6. The fraction of sp³-hybridized carbons (Fsp3) is 0.800. The monoisotopic (exact) mass is 212 g/mol. The van der Waals surface area contributed by atoms with E-state index in [4.69, 9.17) is 5.11 Å². The van der Waals surface area contributed by atoms with E-state index in [9.17, 15) is 9.59 Å². The van der Waals surface area contributed by atoms with Gasteiger partial charge in [0.25, 0.3) is 0 Å². The van der Waals surface area contributed by atoms with Crippen molar-refractivity contribution >= 4 is 11.9 Å². The molecule has 15 heavy (non-hydrogen) atoms. The second kappa shape index (κ2) is 4.18. The second-order valence-corrected chi connectivity index (χ2v) is 4.31. The number of amides is 1. The van der Waals surface area contributed by atoms with E-state index < -0.39 is 5.97 Å². The summed E-state index contributed by atoms with van der Waals surface area (Å²) in [6, 6.07) is 0.298. The van der Waals surface area contributed by atoms with Crippen molar-refractivity contribution in [1.82, 2.24) is 10.2 Å². The van der Waals surface area contributed by atoms with Crippen LogP contribution < -0.4 is 5.32 Å². The molecule has 1 aliphatic carbocycles. The molecule has 0 aromatic carbocycles. The molecule has 1 saturated carbocycles. The minimum absolute atomic E-state index is 0.146. The third-order valence-corrected chi connectivity index (χ3v) is 2.89. The second-order valence-electron chi connectivity index (χ2n) is 4.31. The molecule has 1 saturated heterocycles. The minimum Gasteiger partial charge on any atom is -0.481 e. The minimum atomic E-state index is -0.785. The van der Waals surface area contributed by atoms with Crippen LogP contribution in [0.3, 0.4) is 0 Å². The van der Waals surface area contributed by atoms with Crippen LogP contribution in [0, 0.1) is 5.92 Å². The Morgan fingerprint density at radius 2 is 2.00 bits per heavy atom. The summed E-state index contributed by atoms with van der Waals surface area (Å²) in [5.74, 6) is -0.205. The number of carboxylic acid groups (broad SMARTS) is 1. The highest BCUT2D eigenvalue weighted by atomic mass is 16.4. The van der Waals surface area contributed by atoms with Gasteiger partial charge in [0.2, 0.25) is 5.91 Å². The fourth-order valence-corrected chi connectivity index (χ4v) is 1.76. The van der Waals surface area contributed by atoms with Crippen molar-refractivity contribution in [2.24, 2.45) is 5.92 Å². The van der Waals surface area contributed by atoms with E-state index in [0.717, 1.165) is 25.9 Å². The Morgan fingerprint density at radius 1 is 1.33 bits per heavy atom. The molecule has 0 unspecified atom stereocenters. The van der Waals surface area contributed by atoms with Crippen LogP contribution in [0.4, 0.5) is 0 Å². The number of likely N-dealkylation sites (tertiary alicyclic amines) is 1. The molecule has 5 nitrogen and oxygen atoms in total. The van der Waals surface area contributed by atoms with Gasteiger partial charge in [-0.1, -0.05) is 0 Å². The Balaban J connectivity index is 1.57. The molecule has 2 fully saturated rings. The van der Waals surface area contributed by atoms with Gasteiger partial charge in [0.15, 0.2) is 0 Å². The van der Waals surface area contributed by atoms with Crippen molar-refractivity contribution in [3.05, 3.63) is 0 Å².